The van der Waals surface area contributed by atoms with Gasteiger partial charge in [-0.3, -0.25) is 4.79 Å². The van der Waals surface area contributed by atoms with Crippen molar-refractivity contribution in [3.05, 3.63) is 29.3 Å². The molecule has 94 valence electrons. The van der Waals surface area contributed by atoms with Gasteiger partial charge in [0.05, 0.1) is 6.42 Å². The second kappa shape index (κ2) is 6.50. The van der Waals surface area contributed by atoms with E-state index < -0.39 is 5.97 Å². The molecule has 1 N–H and O–H groups in total. The van der Waals surface area contributed by atoms with Crippen molar-refractivity contribution in [1.29, 1.82) is 0 Å². The summed E-state index contributed by atoms with van der Waals surface area (Å²) in [6.07, 6.45) is 0.138. The molecule has 0 aromatic heterocycles. The molecule has 0 aliphatic rings. The van der Waals surface area contributed by atoms with E-state index in [-0.39, 0.29) is 6.42 Å². The van der Waals surface area contributed by atoms with Gasteiger partial charge in [-0.15, -0.1) is 0 Å². The van der Waals surface area contributed by atoms with E-state index >= 15 is 0 Å². The molecule has 1 rings (SSSR count). The average molecular weight is 256 g/mol. The number of carboxylic acid groups (broad SMARTS) is 1. The van der Waals surface area contributed by atoms with Crippen LogP contribution in [0.15, 0.2) is 24.3 Å². The second-order valence-corrected chi connectivity index (χ2v) is 4.90. The number of halogens is 1. The normalized spacial score (nSPS) is 10.6. The Bertz CT molecular complexity index is 379. The van der Waals surface area contributed by atoms with E-state index in [0.717, 1.165) is 12.2 Å². The lowest BCUT2D eigenvalue weighted by Gasteiger charge is -2.26. The summed E-state index contributed by atoms with van der Waals surface area (Å²) in [6, 6.07) is 7.52. The minimum atomic E-state index is -0.777. The van der Waals surface area contributed by atoms with Gasteiger partial charge in [-0.25, -0.2) is 0 Å². The minimum Gasteiger partial charge on any atom is -0.481 e. The van der Waals surface area contributed by atoms with Crippen LogP contribution in [-0.4, -0.2) is 24.2 Å². The Morgan fingerprint density at radius 3 is 2.71 bits per heavy atom. The van der Waals surface area contributed by atoms with Crippen LogP contribution < -0.4 is 4.90 Å². The predicted molar refractivity (Wildman–Crippen MR) is 70.8 cm³/mol. The summed E-state index contributed by atoms with van der Waals surface area (Å²) < 4.78 is 0. The Morgan fingerprint density at radius 2 is 2.18 bits per heavy atom. The molecule has 0 aliphatic carbocycles. The van der Waals surface area contributed by atoms with Crippen LogP contribution in [0.2, 0.25) is 5.02 Å². The number of carboxylic acids is 1. The van der Waals surface area contributed by atoms with E-state index in [4.69, 9.17) is 16.7 Å². The lowest BCUT2D eigenvalue weighted by molar-refractivity contribution is -0.136. The van der Waals surface area contributed by atoms with Gasteiger partial charge in [-0.1, -0.05) is 31.5 Å². The third-order valence-electron chi connectivity index (χ3n) is 2.35. The molecule has 0 heterocycles. The Morgan fingerprint density at radius 1 is 1.47 bits per heavy atom. The molecular weight excluding hydrogens is 238 g/mol. The van der Waals surface area contributed by atoms with Crippen molar-refractivity contribution >= 4 is 23.3 Å². The molecule has 3 nitrogen and oxygen atoms in total. The molecule has 0 unspecified atom stereocenters. The highest BCUT2D eigenvalue weighted by atomic mass is 35.5. The number of anilines is 1. The highest BCUT2D eigenvalue weighted by molar-refractivity contribution is 6.30. The minimum absolute atomic E-state index is 0.138. The number of aliphatic carboxylic acids is 1. The van der Waals surface area contributed by atoms with Crippen LogP contribution in [-0.2, 0) is 4.79 Å². The van der Waals surface area contributed by atoms with Gasteiger partial charge in [0, 0.05) is 23.8 Å². The van der Waals surface area contributed by atoms with Gasteiger partial charge in [0.2, 0.25) is 0 Å². The molecule has 1 aromatic carbocycles. The largest absolute Gasteiger partial charge is 0.481 e. The number of nitrogens with zero attached hydrogens (tertiary/aromatic N) is 1. The Kier molecular flexibility index (Phi) is 5.29. The van der Waals surface area contributed by atoms with Crippen molar-refractivity contribution in [3.8, 4) is 0 Å². The molecule has 0 saturated heterocycles. The first-order valence-electron chi connectivity index (χ1n) is 5.71. The summed E-state index contributed by atoms with van der Waals surface area (Å²) in [5.41, 5.74) is 0.979. The fraction of sp³-hybridized carbons (Fsp3) is 0.462. The van der Waals surface area contributed by atoms with Crippen LogP contribution >= 0.6 is 11.6 Å². The van der Waals surface area contributed by atoms with Crippen LogP contribution in [0, 0.1) is 5.92 Å². The van der Waals surface area contributed by atoms with Crippen LogP contribution in [0.25, 0.3) is 0 Å². The van der Waals surface area contributed by atoms with Crippen molar-refractivity contribution < 1.29 is 9.90 Å². The van der Waals surface area contributed by atoms with Crippen LogP contribution in [0.4, 0.5) is 5.69 Å². The first-order chi connectivity index (χ1) is 7.99. The van der Waals surface area contributed by atoms with Gasteiger partial charge in [0.1, 0.15) is 0 Å². The topological polar surface area (TPSA) is 40.5 Å². The zero-order chi connectivity index (χ0) is 12.8. The smallest absolute Gasteiger partial charge is 0.305 e. The Labute approximate surface area is 107 Å². The number of hydrogen-bond donors (Lipinski definition) is 1. The highest BCUT2D eigenvalue weighted by Gasteiger charge is 2.10. The van der Waals surface area contributed by atoms with Crippen molar-refractivity contribution in [3.63, 3.8) is 0 Å². The lowest BCUT2D eigenvalue weighted by Crippen LogP contribution is -2.29. The van der Waals surface area contributed by atoms with Crippen LogP contribution in [0.3, 0.4) is 0 Å². The number of hydrogen-bond acceptors (Lipinski definition) is 2. The van der Waals surface area contributed by atoms with Gasteiger partial charge in [-0.2, -0.15) is 0 Å². The summed E-state index contributed by atoms with van der Waals surface area (Å²) in [5, 5.41) is 9.42. The maximum atomic E-state index is 10.6. The van der Waals surface area contributed by atoms with Gasteiger partial charge >= 0.3 is 5.97 Å². The first-order valence-corrected chi connectivity index (χ1v) is 6.09. The number of rotatable bonds is 6. The maximum absolute atomic E-state index is 10.6. The zero-order valence-corrected chi connectivity index (χ0v) is 10.9. The van der Waals surface area contributed by atoms with E-state index in [1.807, 2.05) is 24.3 Å². The zero-order valence-electron chi connectivity index (χ0n) is 10.2. The van der Waals surface area contributed by atoms with Gasteiger partial charge in [0.25, 0.3) is 0 Å². The standard InChI is InChI=1S/C13H18ClNO2/c1-10(2)9-15(7-6-13(16)17)12-5-3-4-11(14)8-12/h3-5,8,10H,6-7,9H2,1-2H3,(H,16,17). The first kappa shape index (κ1) is 13.8. The van der Waals surface area contributed by atoms with Gasteiger partial charge < -0.3 is 10.0 Å². The van der Waals surface area contributed by atoms with E-state index in [9.17, 15) is 4.79 Å². The van der Waals surface area contributed by atoms with Crippen LogP contribution in [0.5, 0.6) is 0 Å². The summed E-state index contributed by atoms with van der Waals surface area (Å²) in [5.74, 6) is -0.302. The summed E-state index contributed by atoms with van der Waals surface area (Å²) in [6.45, 7) is 5.55. The number of carbonyl (C=O) groups is 1. The van der Waals surface area contributed by atoms with Crippen molar-refractivity contribution in [2.75, 3.05) is 18.0 Å². The van der Waals surface area contributed by atoms with Crippen molar-refractivity contribution in [1.82, 2.24) is 0 Å². The molecule has 0 saturated carbocycles. The Balaban J connectivity index is 2.77. The number of benzene rings is 1. The third kappa shape index (κ3) is 5.09. The molecule has 1 aromatic rings. The SMILES string of the molecule is CC(C)CN(CCC(=O)O)c1cccc(Cl)c1. The highest BCUT2D eigenvalue weighted by Crippen LogP contribution is 2.20. The average Bonchev–Trinajstić information content (AvgIpc) is 2.23. The molecule has 4 heteroatoms. The van der Waals surface area contributed by atoms with E-state index in [1.165, 1.54) is 0 Å². The molecular formula is C13H18ClNO2. The summed E-state index contributed by atoms with van der Waals surface area (Å²) in [4.78, 5) is 12.7. The summed E-state index contributed by atoms with van der Waals surface area (Å²) >= 11 is 5.95. The molecule has 17 heavy (non-hydrogen) atoms. The monoisotopic (exact) mass is 255 g/mol. The van der Waals surface area contributed by atoms with Gasteiger partial charge in [-0.05, 0) is 24.1 Å². The predicted octanol–water partition coefficient (Wildman–Crippen LogP) is 3.28. The quantitative estimate of drug-likeness (QED) is 0.848. The molecule has 0 spiro atoms. The van der Waals surface area contributed by atoms with E-state index in [1.54, 1.807) is 0 Å². The molecule has 0 radical (unpaired) electrons. The Hall–Kier alpha value is -1.22. The molecule has 0 bridgehead atoms. The van der Waals surface area contributed by atoms with Crippen LogP contribution in [0.1, 0.15) is 20.3 Å². The van der Waals surface area contributed by atoms with E-state index in [0.29, 0.717) is 17.5 Å². The fourth-order valence-electron chi connectivity index (χ4n) is 1.67. The van der Waals surface area contributed by atoms with E-state index in [2.05, 4.69) is 18.7 Å². The fourth-order valence-corrected chi connectivity index (χ4v) is 1.85. The second-order valence-electron chi connectivity index (χ2n) is 4.46. The molecule has 0 aliphatic heterocycles. The van der Waals surface area contributed by atoms with Crippen molar-refractivity contribution in [2.24, 2.45) is 5.92 Å². The molecule has 0 atom stereocenters. The molecule has 0 fully saturated rings. The maximum Gasteiger partial charge on any atom is 0.305 e. The molecule has 0 amide bonds. The van der Waals surface area contributed by atoms with Crippen molar-refractivity contribution in [2.45, 2.75) is 20.3 Å². The summed E-state index contributed by atoms with van der Waals surface area (Å²) in [7, 11) is 0. The lowest BCUT2D eigenvalue weighted by atomic mass is 10.1. The third-order valence-corrected chi connectivity index (χ3v) is 2.59. The van der Waals surface area contributed by atoms with Gasteiger partial charge in [0.15, 0.2) is 0 Å².